The molecule has 0 aromatic carbocycles. The second kappa shape index (κ2) is 5.73. The summed E-state index contributed by atoms with van der Waals surface area (Å²) in [6, 6.07) is 0. The maximum Gasteiger partial charge on any atom is 0.329 e. The van der Waals surface area contributed by atoms with Gasteiger partial charge in [0.2, 0.25) is 0 Å². The Kier molecular flexibility index (Phi) is 5.20. The van der Waals surface area contributed by atoms with Gasteiger partial charge in [0, 0.05) is 18.8 Å². The van der Waals surface area contributed by atoms with Crippen molar-refractivity contribution in [1.29, 1.82) is 0 Å². The van der Waals surface area contributed by atoms with Gasteiger partial charge in [-0.05, 0) is 13.8 Å². The van der Waals surface area contributed by atoms with E-state index in [-0.39, 0.29) is 0 Å². The number of carboxylic acids is 1. The maximum atomic E-state index is 10.1. The summed E-state index contributed by atoms with van der Waals surface area (Å²) in [5, 5.41) is 9.72. The zero-order chi connectivity index (χ0) is 8.69. The van der Waals surface area contributed by atoms with Gasteiger partial charge < -0.3 is 5.11 Å². The smallest absolute Gasteiger partial charge is 0.329 e. The van der Waals surface area contributed by atoms with Gasteiger partial charge in [0.25, 0.3) is 0 Å². The van der Waals surface area contributed by atoms with Crippen molar-refractivity contribution in [3.63, 3.8) is 0 Å². The first-order valence-electron chi connectivity index (χ1n) is 3.51. The fraction of sp³-hybridized carbons (Fsp3) is 0.571. The lowest BCUT2D eigenvalue weighted by molar-refractivity contribution is -0.132. The van der Waals surface area contributed by atoms with Crippen molar-refractivity contribution < 1.29 is 14.7 Å². The average molecular weight is 159 g/mol. The molecule has 11 heavy (non-hydrogen) atoms. The van der Waals surface area contributed by atoms with Crippen LogP contribution in [0.4, 0.5) is 0 Å². The molecule has 4 heteroatoms. The fourth-order valence-corrected chi connectivity index (χ4v) is 0.552. The summed E-state index contributed by atoms with van der Waals surface area (Å²) in [5.41, 5.74) is 0. The Morgan fingerprint density at radius 2 is 2.27 bits per heavy atom. The molecule has 0 spiro atoms. The molecule has 0 amide bonds. The number of hydroxylamine groups is 2. The normalized spacial score (nSPS) is 10.4. The fourth-order valence-electron chi connectivity index (χ4n) is 0.552. The van der Waals surface area contributed by atoms with Crippen LogP contribution in [0.25, 0.3) is 0 Å². The zero-order valence-electron chi connectivity index (χ0n) is 6.78. The van der Waals surface area contributed by atoms with E-state index in [9.17, 15) is 4.79 Å². The SMILES string of the molecule is CCON(C=CC(=O)O)CC. The van der Waals surface area contributed by atoms with E-state index in [0.29, 0.717) is 13.2 Å². The molecule has 1 N–H and O–H groups in total. The standard InChI is InChI=1S/C7H13NO3/c1-3-8(11-4-2)6-5-7(9)10/h5-6H,3-4H2,1-2H3,(H,9,10). The number of hydrogen-bond donors (Lipinski definition) is 1. The van der Waals surface area contributed by atoms with E-state index in [1.165, 1.54) is 11.3 Å². The highest BCUT2D eigenvalue weighted by molar-refractivity contribution is 5.79. The van der Waals surface area contributed by atoms with E-state index >= 15 is 0 Å². The molecule has 0 saturated heterocycles. The summed E-state index contributed by atoms with van der Waals surface area (Å²) in [4.78, 5) is 15.1. The minimum Gasteiger partial charge on any atom is -0.478 e. The molecule has 0 fully saturated rings. The van der Waals surface area contributed by atoms with Crippen LogP contribution in [0.1, 0.15) is 13.8 Å². The van der Waals surface area contributed by atoms with Crippen molar-refractivity contribution in [3.8, 4) is 0 Å². The van der Waals surface area contributed by atoms with Gasteiger partial charge in [0.1, 0.15) is 0 Å². The van der Waals surface area contributed by atoms with Gasteiger partial charge in [-0.15, -0.1) is 0 Å². The molecule has 0 bridgehead atoms. The molecule has 0 heterocycles. The van der Waals surface area contributed by atoms with Crippen LogP contribution in [0.5, 0.6) is 0 Å². The topological polar surface area (TPSA) is 49.8 Å². The molecule has 0 aliphatic carbocycles. The summed E-state index contributed by atoms with van der Waals surface area (Å²) in [6.07, 6.45) is 2.44. The Hall–Kier alpha value is -1.03. The van der Waals surface area contributed by atoms with Gasteiger partial charge in [-0.1, -0.05) is 0 Å². The summed E-state index contributed by atoms with van der Waals surface area (Å²) in [7, 11) is 0. The predicted octanol–water partition coefficient (Wildman–Crippen LogP) is 0.858. The van der Waals surface area contributed by atoms with Crippen LogP contribution in [0, 0.1) is 0 Å². The highest BCUT2D eigenvalue weighted by Gasteiger charge is 1.93. The highest BCUT2D eigenvalue weighted by Crippen LogP contribution is 1.90. The minimum absolute atomic E-state index is 0.539. The Bertz CT molecular complexity index is 145. The van der Waals surface area contributed by atoms with Gasteiger partial charge in [-0.25, -0.2) is 4.79 Å². The van der Waals surface area contributed by atoms with Crippen molar-refractivity contribution >= 4 is 5.97 Å². The molecule has 0 atom stereocenters. The first kappa shape index (κ1) is 9.97. The van der Waals surface area contributed by atoms with Gasteiger partial charge in [0.05, 0.1) is 6.61 Å². The van der Waals surface area contributed by atoms with Crippen LogP contribution in [-0.2, 0) is 9.63 Å². The van der Waals surface area contributed by atoms with Gasteiger partial charge in [0.15, 0.2) is 0 Å². The molecular formula is C7H13NO3. The van der Waals surface area contributed by atoms with Crippen molar-refractivity contribution in [3.05, 3.63) is 12.3 Å². The third-order valence-corrected chi connectivity index (χ3v) is 0.990. The quantitative estimate of drug-likeness (QED) is 0.477. The first-order chi connectivity index (χ1) is 5.20. The van der Waals surface area contributed by atoms with Crippen molar-refractivity contribution in [2.45, 2.75) is 13.8 Å². The van der Waals surface area contributed by atoms with Crippen molar-refractivity contribution in [2.75, 3.05) is 13.2 Å². The number of aliphatic carboxylic acids is 1. The van der Waals surface area contributed by atoms with E-state index in [0.717, 1.165) is 6.08 Å². The van der Waals surface area contributed by atoms with E-state index < -0.39 is 5.97 Å². The number of hydrogen-bond acceptors (Lipinski definition) is 3. The largest absolute Gasteiger partial charge is 0.478 e. The lowest BCUT2D eigenvalue weighted by Crippen LogP contribution is -2.17. The molecule has 64 valence electrons. The molecule has 0 saturated carbocycles. The average Bonchev–Trinajstić information content (AvgIpc) is 1.97. The molecule has 4 nitrogen and oxygen atoms in total. The third kappa shape index (κ3) is 5.42. The van der Waals surface area contributed by atoms with Crippen LogP contribution >= 0.6 is 0 Å². The molecule has 0 aliphatic heterocycles. The molecule has 0 unspecified atom stereocenters. The Balaban J connectivity index is 3.76. The number of carboxylic acid groups (broad SMARTS) is 1. The van der Waals surface area contributed by atoms with Gasteiger partial charge in [-0.3, -0.25) is 9.90 Å². The van der Waals surface area contributed by atoms with E-state index in [2.05, 4.69) is 0 Å². The first-order valence-corrected chi connectivity index (χ1v) is 3.51. The summed E-state index contributed by atoms with van der Waals surface area (Å²) < 4.78 is 0. The van der Waals surface area contributed by atoms with Gasteiger partial charge in [-0.2, -0.15) is 0 Å². The van der Waals surface area contributed by atoms with Crippen LogP contribution in [0.2, 0.25) is 0 Å². The lowest BCUT2D eigenvalue weighted by atomic mass is 10.6. The summed E-state index contributed by atoms with van der Waals surface area (Å²) >= 11 is 0. The molecule has 0 aliphatic rings. The predicted molar refractivity (Wildman–Crippen MR) is 40.8 cm³/mol. The van der Waals surface area contributed by atoms with Crippen LogP contribution in [0.15, 0.2) is 12.3 Å². The van der Waals surface area contributed by atoms with Crippen molar-refractivity contribution in [2.24, 2.45) is 0 Å². The lowest BCUT2D eigenvalue weighted by Gasteiger charge is -2.15. The van der Waals surface area contributed by atoms with Crippen LogP contribution in [-0.4, -0.2) is 29.3 Å². The monoisotopic (exact) mass is 159 g/mol. The molecular weight excluding hydrogens is 146 g/mol. The number of carbonyl (C=O) groups is 1. The molecule has 0 radical (unpaired) electrons. The van der Waals surface area contributed by atoms with Crippen LogP contribution in [0.3, 0.4) is 0 Å². The van der Waals surface area contributed by atoms with E-state index in [1.54, 1.807) is 0 Å². The second-order valence-corrected chi connectivity index (χ2v) is 1.81. The van der Waals surface area contributed by atoms with Gasteiger partial charge >= 0.3 is 5.97 Å². The number of nitrogens with zero attached hydrogens (tertiary/aromatic N) is 1. The second-order valence-electron chi connectivity index (χ2n) is 1.81. The van der Waals surface area contributed by atoms with E-state index in [1.807, 2.05) is 13.8 Å². The van der Waals surface area contributed by atoms with Crippen LogP contribution < -0.4 is 0 Å². The third-order valence-electron chi connectivity index (χ3n) is 0.990. The summed E-state index contributed by atoms with van der Waals surface area (Å²) in [6.45, 7) is 4.90. The number of rotatable bonds is 5. The molecule has 0 aromatic rings. The van der Waals surface area contributed by atoms with Crippen molar-refractivity contribution in [1.82, 2.24) is 5.06 Å². The Morgan fingerprint density at radius 1 is 1.64 bits per heavy atom. The molecule has 0 aromatic heterocycles. The maximum absolute atomic E-state index is 10.1. The molecule has 0 rings (SSSR count). The zero-order valence-corrected chi connectivity index (χ0v) is 6.78. The Morgan fingerprint density at radius 3 is 2.64 bits per heavy atom. The Labute approximate surface area is 66.0 Å². The van der Waals surface area contributed by atoms with E-state index in [4.69, 9.17) is 9.94 Å². The summed E-state index contributed by atoms with van der Waals surface area (Å²) in [5.74, 6) is -0.969. The highest BCUT2D eigenvalue weighted by atomic mass is 16.7. The minimum atomic E-state index is -0.969.